The molecule has 0 radical (unpaired) electrons. The van der Waals surface area contributed by atoms with Crippen molar-refractivity contribution in [2.45, 2.75) is 6.92 Å². The summed E-state index contributed by atoms with van der Waals surface area (Å²) in [4.78, 5) is 27.2. The predicted molar refractivity (Wildman–Crippen MR) is 106 cm³/mol. The summed E-state index contributed by atoms with van der Waals surface area (Å²) in [6.45, 7) is 5.61. The van der Waals surface area contributed by atoms with E-state index in [0.717, 1.165) is 43.3 Å². The van der Waals surface area contributed by atoms with E-state index in [2.05, 4.69) is 16.3 Å². The molecule has 0 aliphatic carbocycles. The van der Waals surface area contributed by atoms with Gasteiger partial charge in [0.05, 0.1) is 33.3 Å². The van der Waals surface area contributed by atoms with Crippen LogP contribution in [0, 0.1) is 0 Å². The Hall–Kier alpha value is -2.86. The summed E-state index contributed by atoms with van der Waals surface area (Å²) >= 11 is 0. The van der Waals surface area contributed by atoms with E-state index in [0.29, 0.717) is 12.1 Å². The van der Waals surface area contributed by atoms with Gasteiger partial charge in [-0.3, -0.25) is 9.59 Å². The minimum atomic E-state index is -0.00425. The number of ketones is 1. The first-order valence-corrected chi connectivity index (χ1v) is 9.18. The Morgan fingerprint density at radius 3 is 2.44 bits per heavy atom. The number of carbonyl (C=O) groups is 2. The molecule has 0 aromatic heterocycles. The Labute approximate surface area is 159 Å². The van der Waals surface area contributed by atoms with Crippen molar-refractivity contribution < 1.29 is 19.2 Å². The number of hydrogen-bond donors (Lipinski definition) is 2. The van der Waals surface area contributed by atoms with Gasteiger partial charge in [0.15, 0.2) is 12.3 Å². The van der Waals surface area contributed by atoms with Gasteiger partial charge in [0, 0.05) is 23.0 Å². The smallest absolute Gasteiger partial charge is 0.279 e. The lowest BCUT2D eigenvalue weighted by Crippen LogP contribution is -3.15. The molecule has 6 heteroatoms. The van der Waals surface area contributed by atoms with E-state index in [4.69, 9.17) is 4.74 Å². The number of piperazine rings is 1. The van der Waals surface area contributed by atoms with Crippen molar-refractivity contribution in [3.63, 3.8) is 0 Å². The highest BCUT2D eigenvalue weighted by molar-refractivity contribution is 5.95. The second kappa shape index (κ2) is 8.68. The van der Waals surface area contributed by atoms with Gasteiger partial charge in [-0.25, -0.2) is 0 Å². The third-order valence-corrected chi connectivity index (χ3v) is 4.87. The minimum absolute atomic E-state index is 0.00425. The fourth-order valence-corrected chi connectivity index (χ4v) is 3.29. The zero-order valence-corrected chi connectivity index (χ0v) is 15.8. The fourth-order valence-electron chi connectivity index (χ4n) is 3.29. The monoisotopic (exact) mass is 368 g/mol. The summed E-state index contributed by atoms with van der Waals surface area (Å²) in [7, 11) is 1.67. The van der Waals surface area contributed by atoms with Crippen LogP contribution in [0.4, 0.5) is 11.4 Å². The van der Waals surface area contributed by atoms with Gasteiger partial charge < -0.3 is 19.9 Å². The molecule has 0 spiro atoms. The molecule has 0 saturated carbocycles. The molecule has 1 heterocycles. The number of Topliss-reactive ketones (excluding diaryl/α,β-unsaturated/α-hetero) is 1. The zero-order chi connectivity index (χ0) is 19.2. The third kappa shape index (κ3) is 5.08. The first-order valence-electron chi connectivity index (χ1n) is 9.18. The van der Waals surface area contributed by atoms with E-state index < -0.39 is 0 Å². The average molecular weight is 368 g/mol. The predicted octanol–water partition coefficient (Wildman–Crippen LogP) is 1.24. The van der Waals surface area contributed by atoms with Crippen molar-refractivity contribution in [1.82, 2.24) is 0 Å². The molecule has 1 aliphatic heterocycles. The number of carbonyl (C=O) groups excluding carboxylic acids is 2. The molecule has 0 bridgehead atoms. The van der Waals surface area contributed by atoms with Crippen LogP contribution in [-0.4, -0.2) is 51.5 Å². The Balaban J connectivity index is 1.48. The van der Waals surface area contributed by atoms with E-state index >= 15 is 0 Å². The van der Waals surface area contributed by atoms with Crippen molar-refractivity contribution in [3.8, 4) is 5.75 Å². The molecule has 142 valence electrons. The molecule has 1 aliphatic rings. The number of quaternary nitrogens is 1. The Morgan fingerprint density at radius 1 is 1.11 bits per heavy atom. The van der Waals surface area contributed by atoms with Crippen molar-refractivity contribution in [2.24, 2.45) is 0 Å². The molecule has 6 nitrogen and oxygen atoms in total. The molecule has 2 aromatic carbocycles. The molecule has 0 unspecified atom stereocenters. The van der Waals surface area contributed by atoms with E-state index in [9.17, 15) is 9.59 Å². The molecule has 0 atom stereocenters. The van der Waals surface area contributed by atoms with E-state index in [1.54, 1.807) is 31.4 Å². The second-order valence-corrected chi connectivity index (χ2v) is 6.80. The van der Waals surface area contributed by atoms with Gasteiger partial charge in [-0.15, -0.1) is 0 Å². The maximum absolute atomic E-state index is 12.3. The summed E-state index contributed by atoms with van der Waals surface area (Å²) in [5, 5.41) is 2.91. The molecule has 2 aromatic rings. The van der Waals surface area contributed by atoms with E-state index in [1.807, 2.05) is 18.2 Å². The quantitative estimate of drug-likeness (QED) is 0.753. The first kappa shape index (κ1) is 18.9. The zero-order valence-electron chi connectivity index (χ0n) is 15.8. The lowest BCUT2D eigenvalue weighted by atomic mass is 10.1. The summed E-state index contributed by atoms with van der Waals surface area (Å²) < 4.78 is 5.29. The van der Waals surface area contributed by atoms with Gasteiger partial charge in [0.25, 0.3) is 5.91 Å². The summed E-state index contributed by atoms with van der Waals surface area (Å²) in [5.41, 5.74) is 2.52. The van der Waals surface area contributed by atoms with Gasteiger partial charge in [0.2, 0.25) is 0 Å². The Bertz CT molecular complexity index is 797. The SMILES string of the molecule is COc1cccc(N2CC[NH+](CC(=O)Nc3ccc(C(C)=O)cc3)CC2)c1. The van der Waals surface area contributed by atoms with Crippen LogP contribution < -0.4 is 19.9 Å². The van der Waals surface area contributed by atoms with Crippen molar-refractivity contribution >= 4 is 23.1 Å². The molecule has 27 heavy (non-hydrogen) atoms. The lowest BCUT2D eigenvalue weighted by Gasteiger charge is -2.33. The number of ether oxygens (including phenoxy) is 1. The van der Waals surface area contributed by atoms with Crippen LogP contribution in [0.25, 0.3) is 0 Å². The highest BCUT2D eigenvalue weighted by Crippen LogP contribution is 2.20. The number of benzene rings is 2. The standard InChI is InChI=1S/C21H25N3O3/c1-16(25)17-6-8-18(9-7-17)22-21(26)15-23-10-12-24(13-11-23)19-4-3-5-20(14-19)27-2/h3-9,14H,10-13,15H2,1-2H3,(H,22,26)/p+1. The van der Waals surface area contributed by atoms with Crippen LogP contribution >= 0.6 is 0 Å². The average Bonchev–Trinajstić information content (AvgIpc) is 2.69. The van der Waals surface area contributed by atoms with Gasteiger partial charge in [-0.1, -0.05) is 6.07 Å². The minimum Gasteiger partial charge on any atom is -0.497 e. The maximum atomic E-state index is 12.3. The molecule has 1 amide bonds. The van der Waals surface area contributed by atoms with Crippen LogP contribution in [-0.2, 0) is 4.79 Å². The largest absolute Gasteiger partial charge is 0.497 e. The lowest BCUT2D eigenvalue weighted by molar-refractivity contribution is -0.892. The van der Waals surface area contributed by atoms with Crippen LogP contribution in [0.2, 0.25) is 0 Å². The topological polar surface area (TPSA) is 63.1 Å². The third-order valence-electron chi connectivity index (χ3n) is 4.87. The summed E-state index contributed by atoms with van der Waals surface area (Å²) in [6.07, 6.45) is 0. The van der Waals surface area contributed by atoms with Gasteiger partial charge in [-0.2, -0.15) is 0 Å². The molecular weight excluding hydrogens is 342 g/mol. The summed E-state index contributed by atoms with van der Waals surface area (Å²) in [5.74, 6) is 0.874. The maximum Gasteiger partial charge on any atom is 0.279 e. The van der Waals surface area contributed by atoms with Crippen LogP contribution in [0.15, 0.2) is 48.5 Å². The summed E-state index contributed by atoms with van der Waals surface area (Å²) in [6, 6.07) is 15.1. The molecule has 1 fully saturated rings. The number of nitrogens with one attached hydrogen (secondary N) is 2. The number of rotatable bonds is 6. The molecule has 1 saturated heterocycles. The van der Waals surface area contributed by atoms with Crippen molar-refractivity contribution in [3.05, 3.63) is 54.1 Å². The normalized spacial score (nSPS) is 14.7. The number of nitrogens with zero attached hydrogens (tertiary/aromatic N) is 1. The highest BCUT2D eigenvalue weighted by atomic mass is 16.5. The second-order valence-electron chi connectivity index (χ2n) is 6.80. The van der Waals surface area contributed by atoms with Crippen LogP contribution in [0.1, 0.15) is 17.3 Å². The van der Waals surface area contributed by atoms with E-state index in [1.165, 1.54) is 11.8 Å². The van der Waals surface area contributed by atoms with E-state index in [-0.39, 0.29) is 11.7 Å². The highest BCUT2D eigenvalue weighted by Gasteiger charge is 2.22. The molecule has 2 N–H and O–H groups in total. The Kier molecular flexibility index (Phi) is 6.08. The van der Waals surface area contributed by atoms with Crippen LogP contribution in [0.3, 0.4) is 0 Å². The molecule has 3 rings (SSSR count). The van der Waals surface area contributed by atoms with Crippen molar-refractivity contribution in [2.75, 3.05) is 50.1 Å². The van der Waals surface area contributed by atoms with Gasteiger partial charge in [-0.05, 0) is 43.3 Å². The van der Waals surface area contributed by atoms with Crippen molar-refractivity contribution in [1.29, 1.82) is 0 Å². The van der Waals surface area contributed by atoms with Gasteiger partial charge in [0.1, 0.15) is 5.75 Å². The first-order chi connectivity index (χ1) is 13.0. The number of amides is 1. The number of anilines is 2. The Morgan fingerprint density at radius 2 is 1.81 bits per heavy atom. The van der Waals surface area contributed by atoms with Gasteiger partial charge >= 0.3 is 0 Å². The number of hydrogen-bond acceptors (Lipinski definition) is 4. The fraction of sp³-hybridized carbons (Fsp3) is 0.333. The number of methoxy groups -OCH3 is 1. The van der Waals surface area contributed by atoms with Crippen LogP contribution in [0.5, 0.6) is 5.75 Å². The molecular formula is C21H26N3O3+.